The molecule has 2 N–H and O–H groups in total. The van der Waals surface area contributed by atoms with Gasteiger partial charge >= 0.3 is 6.18 Å². The van der Waals surface area contributed by atoms with Crippen molar-refractivity contribution in [2.24, 2.45) is 21.0 Å². The number of benzene rings is 2. The molecule has 0 saturated heterocycles. The van der Waals surface area contributed by atoms with E-state index in [1.54, 1.807) is 31.2 Å². The Kier molecular flexibility index (Phi) is 7.35. The van der Waals surface area contributed by atoms with Crippen molar-refractivity contribution in [1.82, 2.24) is 0 Å². The predicted molar refractivity (Wildman–Crippen MR) is 106 cm³/mol. The van der Waals surface area contributed by atoms with Gasteiger partial charge in [0.25, 0.3) is 0 Å². The summed E-state index contributed by atoms with van der Waals surface area (Å²) in [6, 6.07) is 12.1. The first kappa shape index (κ1) is 21.9. The number of hydrogen-bond acceptors (Lipinski definition) is 5. The molecule has 0 aliphatic rings. The van der Waals surface area contributed by atoms with E-state index in [0.29, 0.717) is 28.1 Å². The number of rotatable bonds is 7. The van der Waals surface area contributed by atoms with Gasteiger partial charge in [-0.15, -0.1) is 0 Å². The molecule has 2 aromatic carbocycles. The zero-order valence-corrected chi connectivity index (χ0v) is 16.2. The third-order valence-electron chi connectivity index (χ3n) is 3.97. The lowest BCUT2D eigenvalue weighted by atomic mass is 10.0. The van der Waals surface area contributed by atoms with Crippen LogP contribution >= 0.6 is 0 Å². The summed E-state index contributed by atoms with van der Waals surface area (Å²) in [6.07, 6.45) is -4.42. The lowest BCUT2D eigenvalue weighted by Crippen LogP contribution is -2.26. The van der Waals surface area contributed by atoms with Crippen LogP contribution in [0.15, 0.2) is 63.8 Å². The summed E-state index contributed by atoms with van der Waals surface area (Å²) in [5.74, 6) is 0.183. The molecule has 0 aliphatic heterocycles. The highest BCUT2D eigenvalue weighted by Crippen LogP contribution is 2.29. The Morgan fingerprint density at radius 1 is 1.07 bits per heavy atom. The summed E-state index contributed by atoms with van der Waals surface area (Å²) in [6.45, 7) is 1.62. The Balaban J connectivity index is 2.22. The molecule has 0 radical (unpaired) electrons. The van der Waals surface area contributed by atoms with Gasteiger partial charge in [0, 0.05) is 18.2 Å². The second kappa shape index (κ2) is 9.72. The summed E-state index contributed by atoms with van der Waals surface area (Å²) >= 11 is 0. The summed E-state index contributed by atoms with van der Waals surface area (Å²) in [4.78, 5) is 14.1. The molecule has 0 aromatic heterocycles. The van der Waals surface area contributed by atoms with Crippen LogP contribution in [0.25, 0.3) is 0 Å². The molecule has 0 heterocycles. The van der Waals surface area contributed by atoms with Crippen molar-refractivity contribution in [2.75, 3.05) is 14.2 Å². The van der Waals surface area contributed by atoms with Crippen molar-refractivity contribution >= 4 is 17.3 Å². The van der Waals surface area contributed by atoms with Crippen LogP contribution in [0, 0.1) is 0 Å². The summed E-state index contributed by atoms with van der Waals surface area (Å²) < 4.78 is 38.6. The Morgan fingerprint density at radius 3 is 2.45 bits per heavy atom. The van der Waals surface area contributed by atoms with Crippen LogP contribution in [-0.2, 0) is 22.5 Å². The van der Waals surface area contributed by atoms with Crippen LogP contribution < -0.4 is 5.73 Å². The van der Waals surface area contributed by atoms with E-state index >= 15 is 0 Å². The number of aliphatic imine (C=N–C) groups is 1. The SMILES string of the molecule is CN=C(N)C(=NOC)c1ccccc1CON=C(C)c1cccc(C(F)(F)F)c1. The predicted octanol–water partition coefficient (Wildman–Crippen LogP) is 3.98. The number of halogens is 3. The van der Waals surface area contributed by atoms with Crippen LogP contribution in [0.1, 0.15) is 29.2 Å². The topological polar surface area (TPSA) is 81.6 Å². The highest BCUT2D eigenvalue weighted by molar-refractivity contribution is 6.47. The van der Waals surface area contributed by atoms with Crippen LogP contribution in [0.5, 0.6) is 0 Å². The molecular weight excluding hydrogens is 385 g/mol. The van der Waals surface area contributed by atoms with Gasteiger partial charge in [0.2, 0.25) is 0 Å². The van der Waals surface area contributed by atoms with Crippen LogP contribution in [0.3, 0.4) is 0 Å². The molecule has 0 unspecified atom stereocenters. The molecule has 2 aromatic rings. The molecule has 154 valence electrons. The van der Waals surface area contributed by atoms with E-state index in [0.717, 1.165) is 12.1 Å². The highest BCUT2D eigenvalue weighted by atomic mass is 19.4. The van der Waals surface area contributed by atoms with E-state index in [9.17, 15) is 13.2 Å². The van der Waals surface area contributed by atoms with Crippen LogP contribution in [0.4, 0.5) is 13.2 Å². The molecule has 2 rings (SSSR count). The van der Waals surface area contributed by atoms with Gasteiger partial charge in [-0.05, 0) is 24.6 Å². The van der Waals surface area contributed by atoms with Gasteiger partial charge in [-0.2, -0.15) is 13.2 Å². The van der Waals surface area contributed by atoms with E-state index in [-0.39, 0.29) is 12.4 Å². The number of amidine groups is 1. The van der Waals surface area contributed by atoms with E-state index in [4.69, 9.17) is 15.4 Å². The van der Waals surface area contributed by atoms with Crippen molar-refractivity contribution in [3.63, 3.8) is 0 Å². The average molecular weight is 406 g/mol. The minimum absolute atomic E-state index is 0.0478. The standard InChI is InChI=1S/C20H21F3N4O2/c1-13(14-8-6-9-16(11-14)20(21,22)23)26-29-12-15-7-4-5-10-17(15)18(27-28-3)19(24)25-2/h4-11H,12H2,1-3H3,(H2,24,25). The molecule has 9 heteroatoms. The average Bonchev–Trinajstić information content (AvgIpc) is 2.71. The Bertz CT molecular complexity index is 937. The van der Waals surface area contributed by atoms with Gasteiger partial charge in [-0.25, -0.2) is 0 Å². The minimum Gasteiger partial charge on any atom is -0.399 e. The molecule has 0 fully saturated rings. The molecule has 6 nitrogen and oxygen atoms in total. The zero-order valence-electron chi connectivity index (χ0n) is 16.2. The maximum Gasteiger partial charge on any atom is 0.416 e. The van der Waals surface area contributed by atoms with Gasteiger partial charge in [0.1, 0.15) is 19.6 Å². The number of nitrogens with two attached hydrogens (primary N) is 1. The van der Waals surface area contributed by atoms with E-state index in [1.807, 2.05) is 0 Å². The summed E-state index contributed by atoms with van der Waals surface area (Å²) in [7, 11) is 2.92. The van der Waals surface area contributed by atoms with Crippen molar-refractivity contribution in [1.29, 1.82) is 0 Å². The molecular formula is C20H21F3N4O2. The van der Waals surface area contributed by atoms with Gasteiger partial charge in [0.05, 0.1) is 11.3 Å². The fraction of sp³-hybridized carbons (Fsp3) is 0.250. The van der Waals surface area contributed by atoms with Crippen molar-refractivity contribution in [2.45, 2.75) is 19.7 Å². The number of hydrogen-bond donors (Lipinski definition) is 1. The van der Waals surface area contributed by atoms with E-state index in [1.165, 1.54) is 26.3 Å². The fourth-order valence-electron chi connectivity index (χ4n) is 2.48. The third kappa shape index (κ3) is 5.81. The summed E-state index contributed by atoms with van der Waals surface area (Å²) in [5, 5.41) is 7.85. The zero-order chi connectivity index (χ0) is 21.4. The number of oxime groups is 2. The van der Waals surface area contributed by atoms with Crippen LogP contribution in [0.2, 0.25) is 0 Å². The minimum atomic E-state index is -4.42. The largest absolute Gasteiger partial charge is 0.416 e. The van der Waals surface area contributed by atoms with Gasteiger partial charge in [-0.3, -0.25) is 4.99 Å². The fourth-order valence-corrected chi connectivity index (χ4v) is 2.48. The second-order valence-corrected chi connectivity index (χ2v) is 5.92. The number of alkyl halides is 3. The molecule has 0 bridgehead atoms. The molecule has 29 heavy (non-hydrogen) atoms. The van der Waals surface area contributed by atoms with Gasteiger partial charge < -0.3 is 15.4 Å². The van der Waals surface area contributed by atoms with E-state index in [2.05, 4.69) is 15.3 Å². The Hall–Kier alpha value is -3.36. The number of nitrogens with zero attached hydrogens (tertiary/aromatic N) is 3. The quantitative estimate of drug-likeness (QED) is 0.429. The molecule has 0 atom stereocenters. The first-order valence-corrected chi connectivity index (χ1v) is 8.54. The van der Waals surface area contributed by atoms with E-state index < -0.39 is 11.7 Å². The van der Waals surface area contributed by atoms with Crippen LogP contribution in [-0.4, -0.2) is 31.4 Å². The van der Waals surface area contributed by atoms with Gasteiger partial charge in [0.15, 0.2) is 5.71 Å². The van der Waals surface area contributed by atoms with Crippen molar-refractivity contribution in [3.8, 4) is 0 Å². The molecule has 0 aliphatic carbocycles. The lowest BCUT2D eigenvalue weighted by Gasteiger charge is -2.11. The van der Waals surface area contributed by atoms with Crippen molar-refractivity contribution in [3.05, 3.63) is 70.8 Å². The smallest absolute Gasteiger partial charge is 0.399 e. The monoisotopic (exact) mass is 406 g/mol. The maximum absolute atomic E-state index is 12.9. The third-order valence-corrected chi connectivity index (χ3v) is 3.97. The van der Waals surface area contributed by atoms with Crippen molar-refractivity contribution < 1.29 is 22.8 Å². The molecule has 0 spiro atoms. The molecule has 0 amide bonds. The lowest BCUT2D eigenvalue weighted by molar-refractivity contribution is -0.137. The maximum atomic E-state index is 12.9. The Labute approximate surface area is 166 Å². The van der Waals surface area contributed by atoms with Gasteiger partial charge in [-0.1, -0.05) is 46.7 Å². The first-order chi connectivity index (χ1) is 13.8. The highest BCUT2D eigenvalue weighted by Gasteiger charge is 2.30. The normalized spacial score (nSPS) is 13.4. The molecule has 0 saturated carbocycles. The summed E-state index contributed by atoms with van der Waals surface area (Å²) in [5.41, 5.74) is 7.46. The second-order valence-electron chi connectivity index (χ2n) is 5.92. The first-order valence-electron chi connectivity index (χ1n) is 8.54. The Morgan fingerprint density at radius 2 is 1.79 bits per heavy atom.